The lowest BCUT2D eigenvalue weighted by atomic mass is 10.1. The van der Waals surface area contributed by atoms with E-state index < -0.39 is 23.2 Å². The number of rotatable bonds is 5. The molecule has 0 aliphatic heterocycles. The van der Waals surface area contributed by atoms with Crippen molar-refractivity contribution in [2.24, 2.45) is 5.92 Å². The minimum absolute atomic E-state index is 0.00552. The number of halogens is 2. The van der Waals surface area contributed by atoms with E-state index in [-0.39, 0.29) is 17.9 Å². The molecule has 0 spiro atoms. The summed E-state index contributed by atoms with van der Waals surface area (Å²) < 4.78 is 31.5. The highest BCUT2D eigenvalue weighted by atomic mass is 19.1. The van der Waals surface area contributed by atoms with Crippen LogP contribution in [0.5, 0.6) is 0 Å². The van der Waals surface area contributed by atoms with E-state index in [1.807, 2.05) is 0 Å². The lowest BCUT2D eigenvalue weighted by molar-refractivity contribution is -0.134. The molecule has 2 atom stereocenters. The highest BCUT2D eigenvalue weighted by Gasteiger charge is 2.33. The van der Waals surface area contributed by atoms with Gasteiger partial charge in [-0.1, -0.05) is 0 Å². The van der Waals surface area contributed by atoms with E-state index in [4.69, 9.17) is 4.42 Å². The molecular weight excluding hydrogens is 344 g/mol. The van der Waals surface area contributed by atoms with Gasteiger partial charge < -0.3 is 14.6 Å². The summed E-state index contributed by atoms with van der Waals surface area (Å²) in [5, 5.41) is 2.68. The molecule has 1 aliphatic rings. The Balaban J connectivity index is 1.54. The van der Waals surface area contributed by atoms with Crippen molar-refractivity contribution >= 4 is 11.8 Å². The third-order valence-electron chi connectivity index (χ3n) is 4.52. The van der Waals surface area contributed by atoms with Gasteiger partial charge in [0.2, 0.25) is 5.91 Å². The fourth-order valence-electron chi connectivity index (χ4n) is 3.22. The summed E-state index contributed by atoms with van der Waals surface area (Å²) in [6.45, 7) is 0.452. The van der Waals surface area contributed by atoms with Gasteiger partial charge in [0.15, 0.2) is 11.5 Å². The standard InChI is InChI=1S/C18H19F2N3O3/c1-23(9-11-4-5-26-10-11)18(25)12-2-3-14(6-12)22-17(24)16-15(20)7-13(19)8-21-16/h4-5,7-8,10,12,14H,2-3,6,9H2,1H3,(H,22,24)/t12-,14+/m1/s1. The van der Waals surface area contributed by atoms with Crippen LogP contribution in [0.25, 0.3) is 0 Å². The molecule has 0 unspecified atom stereocenters. The third kappa shape index (κ3) is 4.07. The normalized spacial score (nSPS) is 19.3. The number of hydrogen-bond donors (Lipinski definition) is 1. The Hall–Kier alpha value is -2.77. The molecule has 0 bridgehead atoms. The van der Waals surface area contributed by atoms with Crippen molar-refractivity contribution in [1.29, 1.82) is 0 Å². The Morgan fingerprint density at radius 1 is 1.38 bits per heavy atom. The molecule has 0 saturated heterocycles. The Kier molecular flexibility index (Phi) is 5.29. The fraction of sp³-hybridized carbons (Fsp3) is 0.389. The molecule has 1 fully saturated rings. The van der Waals surface area contributed by atoms with Gasteiger partial charge in [-0.25, -0.2) is 13.8 Å². The van der Waals surface area contributed by atoms with E-state index >= 15 is 0 Å². The maximum absolute atomic E-state index is 13.6. The first-order valence-corrected chi connectivity index (χ1v) is 8.32. The number of carbonyl (C=O) groups is 2. The predicted molar refractivity (Wildman–Crippen MR) is 87.9 cm³/mol. The summed E-state index contributed by atoms with van der Waals surface area (Å²) in [6.07, 6.45) is 5.67. The number of nitrogens with zero attached hydrogens (tertiary/aromatic N) is 2. The van der Waals surface area contributed by atoms with Crippen molar-refractivity contribution in [3.8, 4) is 0 Å². The second kappa shape index (κ2) is 7.63. The summed E-state index contributed by atoms with van der Waals surface area (Å²) in [6, 6.07) is 2.17. The molecule has 6 nitrogen and oxygen atoms in total. The van der Waals surface area contributed by atoms with Crippen molar-refractivity contribution in [3.05, 3.63) is 53.7 Å². The smallest absolute Gasteiger partial charge is 0.273 e. The topological polar surface area (TPSA) is 75.4 Å². The first-order valence-electron chi connectivity index (χ1n) is 8.32. The van der Waals surface area contributed by atoms with Gasteiger partial charge in [-0.2, -0.15) is 0 Å². The van der Waals surface area contributed by atoms with Gasteiger partial charge in [0.05, 0.1) is 18.7 Å². The van der Waals surface area contributed by atoms with Crippen molar-refractivity contribution in [2.75, 3.05) is 7.05 Å². The average Bonchev–Trinajstić information content (AvgIpc) is 3.26. The molecule has 1 N–H and O–H groups in total. The number of nitrogens with one attached hydrogen (secondary N) is 1. The van der Waals surface area contributed by atoms with Gasteiger partial charge in [0.25, 0.3) is 5.91 Å². The minimum Gasteiger partial charge on any atom is -0.472 e. The van der Waals surface area contributed by atoms with Crippen LogP contribution in [0.1, 0.15) is 35.3 Å². The summed E-state index contributed by atoms with van der Waals surface area (Å²) >= 11 is 0. The Morgan fingerprint density at radius 3 is 2.88 bits per heavy atom. The SMILES string of the molecule is CN(Cc1ccoc1)C(=O)[C@@H]1CC[C@H](NC(=O)c2ncc(F)cc2F)C1. The number of carbonyl (C=O) groups excluding carboxylic acids is 2. The quantitative estimate of drug-likeness (QED) is 0.886. The van der Waals surface area contributed by atoms with E-state index in [2.05, 4.69) is 10.3 Å². The van der Waals surface area contributed by atoms with Crippen molar-refractivity contribution in [2.45, 2.75) is 31.8 Å². The summed E-state index contributed by atoms with van der Waals surface area (Å²) in [7, 11) is 1.72. The van der Waals surface area contributed by atoms with Crippen molar-refractivity contribution in [3.63, 3.8) is 0 Å². The Labute approximate surface area is 149 Å². The van der Waals surface area contributed by atoms with E-state index in [9.17, 15) is 18.4 Å². The fourth-order valence-corrected chi connectivity index (χ4v) is 3.22. The van der Waals surface area contributed by atoms with Crippen LogP contribution in [0.4, 0.5) is 8.78 Å². The van der Waals surface area contributed by atoms with E-state index in [0.29, 0.717) is 31.9 Å². The number of aromatic nitrogens is 1. The van der Waals surface area contributed by atoms with Crippen LogP contribution >= 0.6 is 0 Å². The molecule has 1 saturated carbocycles. The van der Waals surface area contributed by atoms with Crippen LogP contribution in [0.15, 0.2) is 35.3 Å². The van der Waals surface area contributed by atoms with Crippen molar-refractivity contribution < 1.29 is 22.8 Å². The zero-order chi connectivity index (χ0) is 18.7. The van der Waals surface area contributed by atoms with E-state index in [0.717, 1.165) is 11.8 Å². The van der Waals surface area contributed by atoms with E-state index in [1.54, 1.807) is 30.5 Å². The predicted octanol–water partition coefficient (Wildman–Crippen LogP) is 2.51. The Bertz CT molecular complexity index is 795. The first kappa shape index (κ1) is 18.0. The van der Waals surface area contributed by atoms with Crippen LogP contribution in [-0.2, 0) is 11.3 Å². The summed E-state index contributed by atoms with van der Waals surface area (Å²) in [4.78, 5) is 29.8. The molecule has 8 heteroatoms. The largest absolute Gasteiger partial charge is 0.472 e. The van der Waals surface area contributed by atoms with Crippen molar-refractivity contribution in [1.82, 2.24) is 15.2 Å². The molecule has 138 valence electrons. The van der Waals surface area contributed by atoms with Gasteiger partial charge in [-0.05, 0) is 25.3 Å². The van der Waals surface area contributed by atoms with E-state index in [1.165, 1.54) is 0 Å². The van der Waals surface area contributed by atoms with Crippen LogP contribution in [-0.4, -0.2) is 34.8 Å². The first-order chi connectivity index (χ1) is 12.4. The highest BCUT2D eigenvalue weighted by Crippen LogP contribution is 2.28. The highest BCUT2D eigenvalue weighted by molar-refractivity contribution is 5.92. The van der Waals surface area contributed by atoms with Gasteiger partial charge in [-0.3, -0.25) is 9.59 Å². The molecule has 2 aromatic heterocycles. The second-order valence-electron chi connectivity index (χ2n) is 6.49. The summed E-state index contributed by atoms with van der Waals surface area (Å²) in [5.41, 5.74) is 0.458. The lowest BCUT2D eigenvalue weighted by Gasteiger charge is -2.20. The molecule has 2 amide bonds. The number of hydrogen-bond acceptors (Lipinski definition) is 4. The average molecular weight is 363 g/mol. The minimum atomic E-state index is -1.01. The Morgan fingerprint density at radius 2 is 2.19 bits per heavy atom. The molecule has 2 heterocycles. The molecule has 2 aromatic rings. The second-order valence-corrected chi connectivity index (χ2v) is 6.49. The van der Waals surface area contributed by atoms with Gasteiger partial charge in [0.1, 0.15) is 5.82 Å². The molecule has 26 heavy (non-hydrogen) atoms. The molecule has 0 aromatic carbocycles. The molecular formula is C18H19F2N3O3. The van der Waals surface area contributed by atoms with Gasteiger partial charge in [0, 0.05) is 37.2 Å². The van der Waals surface area contributed by atoms with Crippen LogP contribution in [0, 0.1) is 17.6 Å². The van der Waals surface area contributed by atoms with Crippen LogP contribution < -0.4 is 5.32 Å². The molecule has 3 rings (SSSR count). The third-order valence-corrected chi connectivity index (χ3v) is 4.52. The maximum Gasteiger partial charge on any atom is 0.273 e. The zero-order valence-electron chi connectivity index (χ0n) is 14.2. The monoisotopic (exact) mass is 363 g/mol. The van der Waals surface area contributed by atoms with Crippen LogP contribution in [0.3, 0.4) is 0 Å². The zero-order valence-corrected chi connectivity index (χ0v) is 14.2. The maximum atomic E-state index is 13.6. The number of amides is 2. The lowest BCUT2D eigenvalue weighted by Crippen LogP contribution is -2.36. The summed E-state index contributed by atoms with van der Waals surface area (Å²) in [5.74, 6) is -2.76. The molecule has 0 radical (unpaired) electrons. The van der Waals surface area contributed by atoms with Crippen LogP contribution in [0.2, 0.25) is 0 Å². The van der Waals surface area contributed by atoms with Gasteiger partial charge in [-0.15, -0.1) is 0 Å². The number of pyridine rings is 1. The number of furan rings is 1. The van der Waals surface area contributed by atoms with Gasteiger partial charge >= 0.3 is 0 Å². The molecule has 1 aliphatic carbocycles.